The number of fused-ring (bicyclic) bond motifs is 1. The van der Waals surface area contributed by atoms with Crippen LogP contribution in [0.3, 0.4) is 0 Å². The minimum atomic E-state index is -0.150. The summed E-state index contributed by atoms with van der Waals surface area (Å²) in [7, 11) is 0. The van der Waals surface area contributed by atoms with E-state index in [0.29, 0.717) is 10.2 Å². The van der Waals surface area contributed by atoms with Gasteiger partial charge >= 0.3 is 0 Å². The van der Waals surface area contributed by atoms with E-state index >= 15 is 0 Å². The molecule has 4 aromatic heterocycles. The lowest BCUT2D eigenvalue weighted by Crippen LogP contribution is -2.14. The van der Waals surface area contributed by atoms with Crippen LogP contribution in [0.5, 0.6) is 0 Å². The number of amides is 1. The van der Waals surface area contributed by atoms with E-state index < -0.39 is 0 Å². The second kappa shape index (κ2) is 7.97. The van der Waals surface area contributed by atoms with E-state index in [2.05, 4.69) is 30.7 Å². The summed E-state index contributed by atoms with van der Waals surface area (Å²) in [4.78, 5) is 17.9. The lowest BCUT2D eigenvalue weighted by Gasteiger charge is -2.03. The van der Waals surface area contributed by atoms with Crippen molar-refractivity contribution in [3.05, 3.63) is 27.5 Å². The summed E-state index contributed by atoms with van der Waals surface area (Å²) in [6.45, 7) is 3.96. The normalized spacial score (nSPS) is 11.2. The molecular formula is C16H14N6OS4. The van der Waals surface area contributed by atoms with Crippen LogP contribution in [0.4, 0.5) is 5.13 Å². The first-order chi connectivity index (χ1) is 13.1. The molecule has 27 heavy (non-hydrogen) atoms. The van der Waals surface area contributed by atoms with Crippen LogP contribution in [0.2, 0.25) is 0 Å². The molecule has 0 aliphatic rings. The van der Waals surface area contributed by atoms with E-state index in [-0.39, 0.29) is 11.7 Å². The van der Waals surface area contributed by atoms with Gasteiger partial charge in [-0.2, -0.15) is 0 Å². The molecule has 4 aromatic rings. The highest BCUT2D eigenvalue weighted by atomic mass is 32.2. The first-order valence-corrected chi connectivity index (χ1v) is 11.6. The molecule has 0 radical (unpaired) electrons. The summed E-state index contributed by atoms with van der Waals surface area (Å²) < 4.78 is 1.00. The van der Waals surface area contributed by atoms with Crippen LogP contribution in [0.1, 0.15) is 16.9 Å². The number of aromatic nitrogens is 5. The van der Waals surface area contributed by atoms with Gasteiger partial charge < -0.3 is 0 Å². The molecule has 1 amide bonds. The number of carbonyl (C=O) groups excluding carboxylic acids is 1. The Bertz CT molecular complexity index is 1090. The third kappa shape index (κ3) is 4.00. The summed E-state index contributed by atoms with van der Waals surface area (Å²) in [5, 5.41) is 24.5. The van der Waals surface area contributed by atoms with Crippen LogP contribution in [-0.4, -0.2) is 37.0 Å². The van der Waals surface area contributed by atoms with Gasteiger partial charge in [0.1, 0.15) is 21.2 Å². The van der Waals surface area contributed by atoms with Crippen molar-refractivity contribution in [3.8, 4) is 10.6 Å². The number of thiazole rings is 1. The summed E-state index contributed by atoms with van der Waals surface area (Å²) in [6.07, 6.45) is 0.801. The number of carbonyl (C=O) groups is 1. The predicted octanol–water partition coefficient (Wildman–Crippen LogP) is 4.27. The number of rotatable bonds is 6. The zero-order chi connectivity index (χ0) is 18.8. The van der Waals surface area contributed by atoms with Gasteiger partial charge in [0.25, 0.3) is 0 Å². The zero-order valence-electron chi connectivity index (χ0n) is 14.4. The Morgan fingerprint density at radius 3 is 2.85 bits per heavy atom. The molecule has 0 saturated carbocycles. The minimum absolute atomic E-state index is 0.150. The topological polar surface area (TPSA) is 93.6 Å². The SMILES string of the molecule is CCc1nnc(NC(=O)CSc2nnc(-c3cccs3)c3sc(C)nc23)s1. The van der Waals surface area contributed by atoms with Crippen LogP contribution >= 0.6 is 45.8 Å². The molecule has 0 aliphatic carbocycles. The Labute approximate surface area is 171 Å². The van der Waals surface area contributed by atoms with E-state index in [1.54, 1.807) is 22.7 Å². The minimum Gasteiger partial charge on any atom is -0.300 e. The molecule has 0 aliphatic heterocycles. The number of hydrogen-bond donors (Lipinski definition) is 1. The average Bonchev–Trinajstić information content (AvgIpc) is 3.39. The highest BCUT2D eigenvalue weighted by molar-refractivity contribution is 8.00. The molecular weight excluding hydrogens is 420 g/mol. The van der Waals surface area contributed by atoms with Gasteiger partial charge in [-0.15, -0.1) is 43.1 Å². The van der Waals surface area contributed by atoms with Crippen molar-refractivity contribution in [3.63, 3.8) is 0 Å². The highest BCUT2D eigenvalue weighted by Gasteiger charge is 2.17. The number of thioether (sulfide) groups is 1. The molecule has 0 spiro atoms. The molecule has 1 N–H and O–H groups in total. The van der Waals surface area contributed by atoms with Crippen molar-refractivity contribution >= 4 is 67.0 Å². The maximum absolute atomic E-state index is 12.2. The number of hydrogen-bond acceptors (Lipinski definition) is 10. The number of nitrogens with one attached hydrogen (secondary N) is 1. The predicted molar refractivity (Wildman–Crippen MR) is 112 cm³/mol. The smallest absolute Gasteiger partial charge is 0.236 e. The van der Waals surface area contributed by atoms with E-state index in [9.17, 15) is 4.79 Å². The van der Waals surface area contributed by atoms with Gasteiger partial charge in [-0.05, 0) is 24.8 Å². The van der Waals surface area contributed by atoms with Crippen molar-refractivity contribution in [1.29, 1.82) is 0 Å². The van der Waals surface area contributed by atoms with Crippen LogP contribution in [0, 0.1) is 6.92 Å². The Balaban J connectivity index is 1.52. The van der Waals surface area contributed by atoms with Gasteiger partial charge in [0, 0.05) is 0 Å². The first kappa shape index (κ1) is 18.4. The molecule has 11 heteroatoms. The highest BCUT2D eigenvalue weighted by Crippen LogP contribution is 2.36. The first-order valence-electron chi connectivity index (χ1n) is 8.06. The van der Waals surface area contributed by atoms with Gasteiger partial charge in [-0.3, -0.25) is 10.1 Å². The van der Waals surface area contributed by atoms with Gasteiger partial charge in [0.2, 0.25) is 11.0 Å². The number of thiophene rings is 1. The van der Waals surface area contributed by atoms with Crippen molar-refractivity contribution < 1.29 is 4.79 Å². The van der Waals surface area contributed by atoms with E-state index in [1.165, 1.54) is 23.1 Å². The molecule has 0 saturated heterocycles. The van der Waals surface area contributed by atoms with Gasteiger partial charge in [0.05, 0.1) is 20.3 Å². The van der Waals surface area contributed by atoms with E-state index in [0.717, 1.165) is 37.2 Å². The molecule has 0 atom stereocenters. The number of aryl methyl sites for hydroxylation is 2. The van der Waals surface area contributed by atoms with Crippen molar-refractivity contribution in [2.45, 2.75) is 25.3 Å². The number of nitrogens with zero attached hydrogens (tertiary/aromatic N) is 5. The Hall–Kier alpha value is -1.95. The van der Waals surface area contributed by atoms with Crippen molar-refractivity contribution in [1.82, 2.24) is 25.4 Å². The fourth-order valence-electron chi connectivity index (χ4n) is 2.33. The Kier molecular flexibility index (Phi) is 5.43. The Morgan fingerprint density at radius 1 is 1.22 bits per heavy atom. The fourth-order valence-corrected chi connectivity index (χ4v) is 5.51. The molecule has 4 heterocycles. The Morgan fingerprint density at radius 2 is 2.11 bits per heavy atom. The van der Waals surface area contributed by atoms with Crippen molar-refractivity contribution in [2.75, 3.05) is 11.1 Å². The van der Waals surface area contributed by atoms with Gasteiger partial charge in [-0.25, -0.2) is 4.98 Å². The summed E-state index contributed by atoms with van der Waals surface area (Å²) in [6, 6.07) is 4.02. The molecule has 138 valence electrons. The maximum atomic E-state index is 12.2. The van der Waals surface area contributed by atoms with Crippen LogP contribution in [-0.2, 0) is 11.2 Å². The van der Waals surface area contributed by atoms with Gasteiger partial charge in [0.15, 0.2) is 0 Å². The molecule has 0 unspecified atom stereocenters. The molecule has 0 bridgehead atoms. The molecule has 4 rings (SSSR count). The molecule has 0 fully saturated rings. The van der Waals surface area contributed by atoms with Crippen molar-refractivity contribution in [2.24, 2.45) is 0 Å². The maximum Gasteiger partial charge on any atom is 0.236 e. The average molecular weight is 435 g/mol. The number of anilines is 1. The third-order valence-electron chi connectivity index (χ3n) is 3.50. The zero-order valence-corrected chi connectivity index (χ0v) is 17.7. The monoisotopic (exact) mass is 434 g/mol. The standard InChI is InChI=1S/C16H14N6OS4/c1-3-11-19-22-16(27-11)18-10(23)7-25-15-13-14(26-8(2)17-13)12(20-21-15)9-5-4-6-24-9/h4-6H,3,7H2,1-2H3,(H,18,22,23). The quantitative estimate of drug-likeness (QED) is 0.453. The van der Waals surface area contributed by atoms with Crippen LogP contribution < -0.4 is 5.32 Å². The lowest BCUT2D eigenvalue weighted by atomic mass is 10.3. The third-order valence-corrected chi connectivity index (χ3v) is 7.29. The van der Waals surface area contributed by atoms with Crippen LogP contribution in [0.15, 0.2) is 22.5 Å². The van der Waals surface area contributed by atoms with Gasteiger partial charge in [-0.1, -0.05) is 36.1 Å². The second-order valence-corrected chi connectivity index (χ2v) is 9.61. The summed E-state index contributed by atoms with van der Waals surface area (Å²) in [5.74, 6) is 0.0581. The van der Waals surface area contributed by atoms with E-state index in [4.69, 9.17) is 0 Å². The fraction of sp³-hybridized carbons (Fsp3) is 0.250. The molecule has 7 nitrogen and oxygen atoms in total. The van der Waals surface area contributed by atoms with Crippen LogP contribution in [0.25, 0.3) is 20.8 Å². The second-order valence-electron chi connectivity index (χ2n) is 5.43. The summed E-state index contributed by atoms with van der Waals surface area (Å²) in [5.41, 5.74) is 1.65. The molecule has 0 aromatic carbocycles. The lowest BCUT2D eigenvalue weighted by molar-refractivity contribution is -0.113. The largest absolute Gasteiger partial charge is 0.300 e. The van der Waals surface area contributed by atoms with E-state index in [1.807, 2.05) is 31.4 Å². The summed E-state index contributed by atoms with van der Waals surface area (Å²) >= 11 is 5.93.